The zero-order valence-electron chi connectivity index (χ0n) is 12.6. The van der Waals surface area contributed by atoms with Crippen molar-refractivity contribution < 1.29 is 13.2 Å². The molecular weight excluding hydrogens is 300 g/mol. The smallest absolute Gasteiger partial charge is 0.243 e. The third-order valence-corrected chi connectivity index (χ3v) is 6.28. The highest BCUT2D eigenvalue weighted by Crippen LogP contribution is 2.28. The highest BCUT2D eigenvalue weighted by atomic mass is 32.2. The Bertz CT molecular complexity index is 626. The van der Waals surface area contributed by atoms with Crippen molar-refractivity contribution in [3.63, 3.8) is 0 Å². The van der Waals surface area contributed by atoms with Gasteiger partial charge in [0, 0.05) is 19.6 Å². The van der Waals surface area contributed by atoms with E-state index in [-0.39, 0.29) is 18.4 Å². The molecule has 1 N–H and O–H groups in total. The first-order valence-electron chi connectivity index (χ1n) is 7.90. The quantitative estimate of drug-likeness (QED) is 0.896. The molecule has 3 rings (SSSR count). The molecule has 0 radical (unpaired) electrons. The van der Waals surface area contributed by atoms with Gasteiger partial charge in [-0.15, -0.1) is 0 Å². The van der Waals surface area contributed by atoms with Gasteiger partial charge in [-0.3, -0.25) is 4.79 Å². The zero-order valence-corrected chi connectivity index (χ0v) is 13.4. The molecule has 22 heavy (non-hydrogen) atoms. The maximum Gasteiger partial charge on any atom is 0.243 e. The summed E-state index contributed by atoms with van der Waals surface area (Å²) in [6.07, 6.45) is 3.88. The normalized spacial score (nSPS) is 23.2. The van der Waals surface area contributed by atoms with Gasteiger partial charge in [0.15, 0.2) is 0 Å². The second-order valence-electron chi connectivity index (χ2n) is 6.20. The lowest BCUT2D eigenvalue weighted by molar-refractivity contribution is -0.126. The Morgan fingerprint density at radius 2 is 1.91 bits per heavy atom. The largest absolute Gasteiger partial charge is 0.356 e. The molecule has 1 aliphatic carbocycles. The van der Waals surface area contributed by atoms with Crippen molar-refractivity contribution >= 4 is 15.9 Å². The summed E-state index contributed by atoms with van der Waals surface area (Å²) in [7, 11) is -3.49. The van der Waals surface area contributed by atoms with Crippen molar-refractivity contribution in [1.82, 2.24) is 9.62 Å². The van der Waals surface area contributed by atoms with Gasteiger partial charge >= 0.3 is 0 Å². The number of amides is 1. The molecule has 120 valence electrons. The molecule has 1 atom stereocenters. The summed E-state index contributed by atoms with van der Waals surface area (Å²) in [6.45, 7) is 1.51. The maximum atomic E-state index is 12.6. The van der Waals surface area contributed by atoms with Crippen LogP contribution in [0.5, 0.6) is 0 Å². The van der Waals surface area contributed by atoms with E-state index in [1.807, 2.05) is 0 Å². The first-order chi connectivity index (χ1) is 10.6. The van der Waals surface area contributed by atoms with E-state index in [4.69, 9.17) is 0 Å². The van der Waals surface area contributed by atoms with Gasteiger partial charge < -0.3 is 5.32 Å². The molecule has 5 nitrogen and oxygen atoms in total. The molecule has 1 amide bonds. The van der Waals surface area contributed by atoms with Crippen molar-refractivity contribution in [2.75, 3.05) is 19.6 Å². The summed E-state index contributed by atoms with van der Waals surface area (Å²) in [6, 6.07) is 8.44. The van der Waals surface area contributed by atoms with Crippen LogP contribution in [0.15, 0.2) is 35.2 Å². The molecule has 1 saturated heterocycles. The number of sulfonamides is 1. The molecule has 1 aliphatic heterocycles. The number of rotatable bonds is 5. The third kappa shape index (κ3) is 3.50. The number of nitrogens with zero attached hydrogens (tertiary/aromatic N) is 1. The van der Waals surface area contributed by atoms with Gasteiger partial charge in [0.25, 0.3) is 0 Å². The highest BCUT2D eigenvalue weighted by Gasteiger charge is 2.33. The Morgan fingerprint density at radius 3 is 2.59 bits per heavy atom. The van der Waals surface area contributed by atoms with E-state index in [0.717, 1.165) is 19.4 Å². The third-order valence-electron chi connectivity index (χ3n) is 4.40. The van der Waals surface area contributed by atoms with Crippen molar-refractivity contribution in [1.29, 1.82) is 0 Å². The van der Waals surface area contributed by atoms with Gasteiger partial charge in [-0.05, 0) is 43.7 Å². The molecule has 1 saturated carbocycles. The summed E-state index contributed by atoms with van der Waals surface area (Å²) in [5.74, 6) is 0.405. The van der Waals surface area contributed by atoms with Crippen LogP contribution in [0.2, 0.25) is 0 Å². The molecule has 0 bridgehead atoms. The Labute approximate surface area is 131 Å². The SMILES string of the molecule is O=C(NCC1CC1)C1CCCN(S(=O)(=O)c2ccccc2)C1. The standard InChI is InChI=1S/C16H22N2O3S/c19-16(17-11-13-8-9-13)14-5-4-10-18(12-14)22(20,21)15-6-2-1-3-7-15/h1-3,6-7,13-14H,4-5,8-12H2,(H,17,19). The van der Waals surface area contributed by atoms with Crippen LogP contribution in [0.1, 0.15) is 25.7 Å². The van der Waals surface area contributed by atoms with Crippen LogP contribution in [0, 0.1) is 11.8 Å². The molecule has 2 aliphatic rings. The zero-order chi connectivity index (χ0) is 15.6. The summed E-state index contributed by atoms with van der Waals surface area (Å²) >= 11 is 0. The molecule has 6 heteroatoms. The minimum absolute atomic E-state index is 0.000128. The highest BCUT2D eigenvalue weighted by molar-refractivity contribution is 7.89. The van der Waals surface area contributed by atoms with Crippen LogP contribution in [0.3, 0.4) is 0 Å². The molecule has 1 heterocycles. The summed E-state index contributed by atoms with van der Waals surface area (Å²) in [5, 5.41) is 2.97. The van der Waals surface area contributed by atoms with Crippen LogP contribution in [0.4, 0.5) is 0 Å². The Balaban J connectivity index is 1.65. The minimum atomic E-state index is -3.49. The van der Waals surface area contributed by atoms with Crippen molar-refractivity contribution in [2.45, 2.75) is 30.6 Å². The Morgan fingerprint density at radius 1 is 1.18 bits per heavy atom. The van der Waals surface area contributed by atoms with E-state index in [1.54, 1.807) is 30.3 Å². The fraction of sp³-hybridized carbons (Fsp3) is 0.562. The number of carbonyl (C=O) groups is 1. The average molecular weight is 322 g/mol. The minimum Gasteiger partial charge on any atom is -0.356 e. The number of benzene rings is 1. The van der Waals surface area contributed by atoms with Crippen molar-refractivity contribution in [2.24, 2.45) is 11.8 Å². The van der Waals surface area contributed by atoms with Crippen LogP contribution in [-0.4, -0.2) is 38.3 Å². The Hall–Kier alpha value is -1.40. The van der Waals surface area contributed by atoms with E-state index in [0.29, 0.717) is 17.4 Å². The summed E-state index contributed by atoms with van der Waals surface area (Å²) in [5.41, 5.74) is 0. The summed E-state index contributed by atoms with van der Waals surface area (Å²) in [4.78, 5) is 12.5. The van der Waals surface area contributed by atoms with Crippen LogP contribution in [-0.2, 0) is 14.8 Å². The van der Waals surface area contributed by atoms with Crippen molar-refractivity contribution in [3.8, 4) is 0 Å². The van der Waals surface area contributed by atoms with E-state index in [2.05, 4.69) is 5.32 Å². The Kier molecular flexibility index (Phi) is 4.49. The lowest BCUT2D eigenvalue weighted by Crippen LogP contribution is -2.45. The molecule has 1 unspecified atom stereocenters. The summed E-state index contributed by atoms with van der Waals surface area (Å²) < 4.78 is 26.7. The topological polar surface area (TPSA) is 66.5 Å². The van der Waals surface area contributed by atoms with E-state index in [1.165, 1.54) is 17.1 Å². The van der Waals surface area contributed by atoms with Gasteiger partial charge in [-0.25, -0.2) is 8.42 Å². The molecule has 2 fully saturated rings. The number of carbonyl (C=O) groups excluding carboxylic acids is 1. The maximum absolute atomic E-state index is 12.6. The lowest BCUT2D eigenvalue weighted by Gasteiger charge is -2.31. The van der Waals surface area contributed by atoms with Gasteiger partial charge in [-0.1, -0.05) is 18.2 Å². The lowest BCUT2D eigenvalue weighted by atomic mass is 9.99. The molecule has 1 aromatic rings. The van der Waals surface area contributed by atoms with Crippen LogP contribution >= 0.6 is 0 Å². The first kappa shape index (κ1) is 15.5. The fourth-order valence-electron chi connectivity index (χ4n) is 2.83. The predicted molar refractivity (Wildman–Crippen MR) is 83.7 cm³/mol. The molecule has 1 aromatic carbocycles. The number of hydrogen-bond donors (Lipinski definition) is 1. The van der Waals surface area contributed by atoms with Crippen molar-refractivity contribution in [3.05, 3.63) is 30.3 Å². The van der Waals surface area contributed by atoms with Crippen LogP contribution < -0.4 is 5.32 Å². The van der Waals surface area contributed by atoms with E-state index < -0.39 is 10.0 Å². The monoisotopic (exact) mass is 322 g/mol. The van der Waals surface area contributed by atoms with E-state index >= 15 is 0 Å². The van der Waals surface area contributed by atoms with Gasteiger partial charge in [0.05, 0.1) is 10.8 Å². The first-order valence-corrected chi connectivity index (χ1v) is 9.34. The number of nitrogens with one attached hydrogen (secondary N) is 1. The number of piperidine rings is 1. The van der Waals surface area contributed by atoms with Gasteiger partial charge in [0.1, 0.15) is 0 Å². The molecule has 0 aromatic heterocycles. The van der Waals surface area contributed by atoms with Gasteiger partial charge in [-0.2, -0.15) is 4.31 Å². The predicted octanol–water partition coefficient (Wildman–Crippen LogP) is 1.61. The number of hydrogen-bond acceptors (Lipinski definition) is 3. The average Bonchev–Trinajstić information content (AvgIpc) is 3.38. The van der Waals surface area contributed by atoms with E-state index in [9.17, 15) is 13.2 Å². The second-order valence-corrected chi connectivity index (χ2v) is 8.14. The van der Waals surface area contributed by atoms with Gasteiger partial charge in [0.2, 0.25) is 15.9 Å². The fourth-order valence-corrected chi connectivity index (χ4v) is 4.37. The molecule has 0 spiro atoms. The second kappa shape index (κ2) is 6.38. The molecular formula is C16H22N2O3S. The van der Waals surface area contributed by atoms with Crippen LogP contribution in [0.25, 0.3) is 0 Å².